The highest BCUT2D eigenvalue weighted by Crippen LogP contribution is 2.44. The van der Waals surface area contributed by atoms with E-state index in [4.69, 9.17) is 0 Å². The third-order valence-corrected chi connectivity index (χ3v) is 7.16. The topological polar surface area (TPSA) is 107 Å². The van der Waals surface area contributed by atoms with Crippen molar-refractivity contribution in [2.24, 2.45) is 5.41 Å². The van der Waals surface area contributed by atoms with Crippen molar-refractivity contribution in [3.05, 3.63) is 82.9 Å². The zero-order valence-corrected chi connectivity index (χ0v) is 19.9. The van der Waals surface area contributed by atoms with Crippen molar-refractivity contribution in [1.82, 2.24) is 10.3 Å². The van der Waals surface area contributed by atoms with Gasteiger partial charge in [-0.2, -0.15) is 5.26 Å². The summed E-state index contributed by atoms with van der Waals surface area (Å²) < 4.78 is 1.02. The summed E-state index contributed by atoms with van der Waals surface area (Å²) in [7, 11) is 0. The Morgan fingerprint density at radius 2 is 1.86 bits per heavy atom. The summed E-state index contributed by atoms with van der Waals surface area (Å²) >= 11 is 1.50. The number of nitrogens with zero attached hydrogens (tertiary/aromatic N) is 2. The van der Waals surface area contributed by atoms with Gasteiger partial charge in [-0.05, 0) is 43.5 Å². The molecule has 8 heteroatoms. The molecular formula is C27H23N5O2S. The van der Waals surface area contributed by atoms with Gasteiger partial charge < -0.3 is 16.0 Å². The summed E-state index contributed by atoms with van der Waals surface area (Å²) in [6, 6.07) is 19.4. The second-order valence-corrected chi connectivity index (χ2v) is 9.65. The minimum atomic E-state index is -0.452. The molecule has 0 saturated heterocycles. The molecule has 0 atom stereocenters. The van der Waals surface area contributed by atoms with E-state index in [-0.39, 0.29) is 11.8 Å². The Balaban J connectivity index is 1.45. The number of pyridine rings is 1. The molecule has 1 fully saturated rings. The molecule has 4 aromatic rings. The summed E-state index contributed by atoms with van der Waals surface area (Å²) in [5.74, 6) is -0.187. The van der Waals surface area contributed by atoms with Gasteiger partial charge in [0.1, 0.15) is 0 Å². The van der Waals surface area contributed by atoms with Gasteiger partial charge in [-0.3, -0.25) is 9.59 Å². The summed E-state index contributed by atoms with van der Waals surface area (Å²) in [4.78, 5) is 30.5. The number of aryl methyl sites for hydroxylation is 1. The highest BCUT2D eigenvalue weighted by atomic mass is 32.1. The Kier molecular flexibility index (Phi) is 5.93. The number of rotatable bonds is 7. The van der Waals surface area contributed by atoms with E-state index in [9.17, 15) is 14.9 Å². The summed E-state index contributed by atoms with van der Waals surface area (Å²) in [6.45, 7) is 2.27. The van der Waals surface area contributed by atoms with Gasteiger partial charge in [-0.1, -0.05) is 36.4 Å². The monoisotopic (exact) mass is 481 g/mol. The van der Waals surface area contributed by atoms with Crippen molar-refractivity contribution in [2.75, 3.05) is 17.2 Å². The minimum absolute atomic E-state index is 0.281. The summed E-state index contributed by atoms with van der Waals surface area (Å²) in [6.07, 6.45) is 3.05. The first-order chi connectivity index (χ1) is 17.0. The Morgan fingerprint density at radius 1 is 1.09 bits per heavy atom. The van der Waals surface area contributed by atoms with Crippen molar-refractivity contribution in [3.63, 3.8) is 0 Å². The maximum Gasteiger partial charge on any atom is 0.257 e. The lowest BCUT2D eigenvalue weighted by Gasteiger charge is -2.15. The van der Waals surface area contributed by atoms with Gasteiger partial charge in [0.15, 0.2) is 5.82 Å². The molecular weight excluding hydrogens is 458 g/mol. The Bertz CT molecular complexity index is 1480. The van der Waals surface area contributed by atoms with Gasteiger partial charge >= 0.3 is 0 Å². The number of nitriles is 1. The van der Waals surface area contributed by atoms with Gasteiger partial charge in [0.25, 0.3) is 11.8 Å². The zero-order chi connectivity index (χ0) is 24.4. The minimum Gasteiger partial charge on any atom is -0.350 e. The standard InChI is InChI=1S/C27H23N5O2S/c1-17-6-2-4-8-21(17)31-24-22(32-26(34)20-14-35-23-9-5-3-7-19(20)23)12-18(13-29-24)25(33)30-16-27(15-28)10-11-27/h2-9,12-14H,10-11,16H2,1H3,(H,29,31)(H,30,33)(H,32,34). The quantitative estimate of drug-likeness (QED) is 0.317. The van der Waals surface area contributed by atoms with Crippen molar-refractivity contribution >= 4 is 50.4 Å². The fraction of sp³-hybridized carbons (Fsp3) is 0.185. The van der Waals surface area contributed by atoms with E-state index in [1.807, 2.05) is 60.8 Å². The van der Waals surface area contributed by atoms with E-state index in [2.05, 4.69) is 27.0 Å². The molecule has 0 aliphatic heterocycles. The molecule has 1 aliphatic rings. The van der Waals surface area contributed by atoms with Gasteiger partial charge in [0.2, 0.25) is 0 Å². The van der Waals surface area contributed by atoms with Crippen LogP contribution in [-0.2, 0) is 0 Å². The Hall–Kier alpha value is -4.22. The molecule has 1 aliphatic carbocycles. The highest BCUT2D eigenvalue weighted by molar-refractivity contribution is 7.17. The SMILES string of the molecule is Cc1ccccc1Nc1ncc(C(=O)NCC2(C#N)CC2)cc1NC(=O)c1csc2ccccc12. The molecule has 2 aromatic heterocycles. The third-order valence-electron chi connectivity index (χ3n) is 6.20. The van der Waals surface area contributed by atoms with E-state index in [1.54, 1.807) is 6.07 Å². The first-order valence-corrected chi connectivity index (χ1v) is 12.2. The van der Waals surface area contributed by atoms with Crippen LogP contribution in [-0.4, -0.2) is 23.3 Å². The first kappa shape index (κ1) is 22.6. The maximum absolute atomic E-state index is 13.2. The number of anilines is 3. The van der Waals surface area contributed by atoms with Crippen molar-refractivity contribution in [1.29, 1.82) is 5.26 Å². The fourth-order valence-electron chi connectivity index (χ4n) is 3.80. The lowest BCUT2D eigenvalue weighted by atomic mass is 10.1. The Morgan fingerprint density at radius 3 is 2.63 bits per heavy atom. The average Bonchev–Trinajstić information content (AvgIpc) is 3.53. The highest BCUT2D eigenvalue weighted by Gasteiger charge is 2.43. The molecule has 7 nitrogen and oxygen atoms in total. The van der Waals surface area contributed by atoms with Gasteiger partial charge in [0.05, 0.1) is 28.3 Å². The van der Waals surface area contributed by atoms with E-state index in [0.29, 0.717) is 29.2 Å². The number of carbonyl (C=O) groups excluding carboxylic acids is 2. The molecule has 0 spiro atoms. The molecule has 0 unspecified atom stereocenters. The molecule has 2 heterocycles. The van der Waals surface area contributed by atoms with Crippen LogP contribution in [0.25, 0.3) is 10.1 Å². The fourth-order valence-corrected chi connectivity index (χ4v) is 4.74. The van der Waals surface area contributed by atoms with Crippen LogP contribution in [0.3, 0.4) is 0 Å². The van der Waals surface area contributed by atoms with Crippen molar-refractivity contribution in [3.8, 4) is 6.07 Å². The van der Waals surface area contributed by atoms with Crippen LogP contribution in [0, 0.1) is 23.7 Å². The summed E-state index contributed by atoms with van der Waals surface area (Å²) in [5.41, 5.74) is 2.67. The molecule has 0 bridgehead atoms. The van der Waals surface area contributed by atoms with Crippen LogP contribution < -0.4 is 16.0 Å². The van der Waals surface area contributed by atoms with Gasteiger partial charge in [-0.25, -0.2) is 4.98 Å². The van der Waals surface area contributed by atoms with E-state index >= 15 is 0 Å². The molecule has 174 valence electrons. The number of amides is 2. The zero-order valence-electron chi connectivity index (χ0n) is 19.1. The molecule has 5 rings (SSSR count). The number of hydrogen-bond donors (Lipinski definition) is 3. The first-order valence-electron chi connectivity index (χ1n) is 11.3. The second-order valence-electron chi connectivity index (χ2n) is 8.73. The smallest absolute Gasteiger partial charge is 0.257 e. The number of nitrogens with one attached hydrogen (secondary N) is 3. The number of para-hydroxylation sites is 1. The van der Waals surface area contributed by atoms with Crippen LogP contribution in [0.15, 0.2) is 66.2 Å². The number of carbonyl (C=O) groups is 2. The predicted octanol–water partition coefficient (Wildman–Crippen LogP) is 5.63. The normalized spacial score (nSPS) is 13.6. The molecule has 2 amide bonds. The molecule has 0 radical (unpaired) electrons. The number of thiophene rings is 1. The van der Waals surface area contributed by atoms with Crippen LogP contribution in [0.1, 0.15) is 39.1 Å². The maximum atomic E-state index is 13.2. The number of hydrogen-bond acceptors (Lipinski definition) is 6. The molecule has 3 N–H and O–H groups in total. The molecule has 1 saturated carbocycles. The van der Waals surface area contributed by atoms with Crippen LogP contribution in [0.5, 0.6) is 0 Å². The van der Waals surface area contributed by atoms with Crippen molar-refractivity contribution in [2.45, 2.75) is 19.8 Å². The lowest BCUT2D eigenvalue weighted by molar-refractivity contribution is 0.0947. The van der Waals surface area contributed by atoms with Crippen LogP contribution in [0.4, 0.5) is 17.2 Å². The second kappa shape index (κ2) is 9.20. The van der Waals surface area contributed by atoms with Crippen LogP contribution >= 0.6 is 11.3 Å². The molecule has 2 aromatic carbocycles. The van der Waals surface area contributed by atoms with E-state index in [0.717, 1.165) is 34.2 Å². The van der Waals surface area contributed by atoms with E-state index in [1.165, 1.54) is 17.5 Å². The van der Waals surface area contributed by atoms with Crippen molar-refractivity contribution < 1.29 is 9.59 Å². The summed E-state index contributed by atoms with van der Waals surface area (Å²) in [5, 5.41) is 21.0. The Labute approximate surface area is 206 Å². The number of benzene rings is 2. The third kappa shape index (κ3) is 4.72. The molecule has 35 heavy (non-hydrogen) atoms. The van der Waals surface area contributed by atoms with Gasteiger partial charge in [0, 0.05) is 33.9 Å². The van der Waals surface area contributed by atoms with Gasteiger partial charge in [-0.15, -0.1) is 11.3 Å². The number of fused-ring (bicyclic) bond motifs is 1. The largest absolute Gasteiger partial charge is 0.350 e. The lowest BCUT2D eigenvalue weighted by Crippen LogP contribution is -2.29. The number of aromatic nitrogens is 1. The predicted molar refractivity (Wildman–Crippen MR) is 138 cm³/mol. The van der Waals surface area contributed by atoms with E-state index < -0.39 is 5.41 Å². The average molecular weight is 482 g/mol. The van der Waals surface area contributed by atoms with Crippen LogP contribution in [0.2, 0.25) is 0 Å².